The largest absolute Gasteiger partial charge is 0.496 e. The topological polar surface area (TPSA) is 38.3 Å². The number of carbonyl (C=O) groups excluding carboxylic acids is 1. The van der Waals surface area contributed by atoms with Gasteiger partial charge in [-0.3, -0.25) is 4.79 Å². The Morgan fingerprint density at radius 2 is 2.17 bits per heavy atom. The molecular formula is C15H21NO2. The van der Waals surface area contributed by atoms with E-state index in [4.69, 9.17) is 4.74 Å². The second-order valence-electron chi connectivity index (χ2n) is 4.99. The zero-order valence-electron chi connectivity index (χ0n) is 11.4. The number of hydrogen-bond donors (Lipinski definition) is 1. The number of nitrogens with one attached hydrogen (secondary N) is 1. The molecule has 1 aliphatic rings. The van der Waals surface area contributed by atoms with Gasteiger partial charge in [0, 0.05) is 18.0 Å². The summed E-state index contributed by atoms with van der Waals surface area (Å²) in [6, 6.07) is 4.13. The Kier molecular flexibility index (Phi) is 4.02. The zero-order chi connectivity index (χ0) is 13.1. The third-order valence-corrected chi connectivity index (χ3v) is 3.85. The Balaban J connectivity index is 2.17. The van der Waals surface area contributed by atoms with Crippen molar-refractivity contribution in [1.82, 2.24) is 5.32 Å². The van der Waals surface area contributed by atoms with Gasteiger partial charge in [0.2, 0.25) is 0 Å². The molecule has 3 nitrogen and oxygen atoms in total. The van der Waals surface area contributed by atoms with Crippen LogP contribution in [0.15, 0.2) is 12.1 Å². The third kappa shape index (κ3) is 2.56. The third-order valence-electron chi connectivity index (χ3n) is 3.85. The van der Waals surface area contributed by atoms with Gasteiger partial charge in [-0.05, 0) is 56.5 Å². The monoisotopic (exact) mass is 247 g/mol. The average Bonchev–Trinajstić information content (AvgIpc) is 2.85. The Morgan fingerprint density at radius 3 is 2.78 bits per heavy atom. The molecule has 0 amide bonds. The molecule has 3 heteroatoms. The van der Waals surface area contributed by atoms with Gasteiger partial charge < -0.3 is 10.1 Å². The zero-order valence-corrected chi connectivity index (χ0v) is 11.4. The maximum absolute atomic E-state index is 12.3. The van der Waals surface area contributed by atoms with E-state index in [1.54, 1.807) is 7.11 Å². The number of benzene rings is 1. The molecule has 0 radical (unpaired) electrons. The van der Waals surface area contributed by atoms with Crippen LogP contribution in [0.3, 0.4) is 0 Å². The number of rotatable bonds is 4. The predicted octanol–water partition coefficient (Wildman–Crippen LogP) is 2.64. The summed E-state index contributed by atoms with van der Waals surface area (Å²) in [5.41, 5.74) is 2.93. The molecule has 1 aliphatic heterocycles. The quantitative estimate of drug-likeness (QED) is 0.831. The maximum atomic E-state index is 12.3. The lowest BCUT2D eigenvalue weighted by Gasteiger charge is -2.14. The van der Waals surface area contributed by atoms with Crippen molar-refractivity contribution in [2.75, 3.05) is 13.7 Å². The van der Waals surface area contributed by atoms with Crippen LogP contribution in [0.2, 0.25) is 0 Å². The number of Topliss-reactive ketones (excluding diaryl/α,β-unsaturated/α-hetero) is 1. The van der Waals surface area contributed by atoms with Crippen LogP contribution in [-0.4, -0.2) is 25.5 Å². The second kappa shape index (κ2) is 5.53. The number of methoxy groups -OCH3 is 1. The maximum Gasteiger partial charge on any atom is 0.164 e. The number of ketones is 1. The Hall–Kier alpha value is -1.35. The standard InChI is InChI=1S/C15H21NO2/c1-10-11(2)15(18-3)7-6-13(10)14(17)9-12-5-4-8-16-12/h6-7,12,16H,4-5,8-9H2,1-3H3. The van der Waals surface area contributed by atoms with Crippen molar-refractivity contribution in [2.24, 2.45) is 0 Å². The molecule has 2 rings (SSSR count). The van der Waals surface area contributed by atoms with Crippen LogP contribution >= 0.6 is 0 Å². The Bertz CT molecular complexity index is 448. The van der Waals surface area contributed by atoms with Crippen LogP contribution in [0.25, 0.3) is 0 Å². The summed E-state index contributed by atoms with van der Waals surface area (Å²) in [7, 11) is 1.66. The lowest BCUT2D eigenvalue weighted by molar-refractivity contribution is 0.0971. The van der Waals surface area contributed by atoms with Gasteiger partial charge in [-0.2, -0.15) is 0 Å². The van der Waals surface area contributed by atoms with Crippen molar-refractivity contribution in [3.63, 3.8) is 0 Å². The molecule has 0 saturated carbocycles. The summed E-state index contributed by atoms with van der Waals surface area (Å²) < 4.78 is 5.27. The van der Waals surface area contributed by atoms with Crippen LogP contribution in [0.4, 0.5) is 0 Å². The Morgan fingerprint density at radius 1 is 1.39 bits per heavy atom. The first-order valence-corrected chi connectivity index (χ1v) is 6.54. The summed E-state index contributed by atoms with van der Waals surface area (Å²) in [6.07, 6.45) is 2.89. The first-order valence-electron chi connectivity index (χ1n) is 6.54. The van der Waals surface area contributed by atoms with Crippen LogP contribution in [0, 0.1) is 13.8 Å². The van der Waals surface area contributed by atoms with E-state index < -0.39 is 0 Å². The molecule has 1 aromatic rings. The normalized spacial score (nSPS) is 18.9. The van der Waals surface area contributed by atoms with E-state index >= 15 is 0 Å². The summed E-state index contributed by atoms with van der Waals surface area (Å²) in [4.78, 5) is 12.3. The molecule has 1 saturated heterocycles. The highest BCUT2D eigenvalue weighted by atomic mass is 16.5. The fraction of sp³-hybridized carbons (Fsp3) is 0.533. The molecule has 1 fully saturated rings. The number of ether oxygens (including phenoxy) is 1. The molecule has 1 N–H and O–H groups in total. The molecule has 1 atom stereocenters. The summed E-state index contributed by atoms with van der Waals surface area (Å²) >= 11 is 0. The van der Waals surface area contributed by atoms with Gasteiger partial charge in [0.1, 0.15) is 5.75 Å². The van der Waals surface area contributed by atoms with Crippen molar-refractivity contribution in [3.8, 4) is 5.75 Å². The molecule has 1 unspecified atom stereocenters. The molecule has 0 spiro atoms. The van der Waals surface area contributed by atoms with Crippen molar-refractivity contribution >= 4 is 5.78 Å². The lowest BCUT2D eigenvalue weighted by Crippen LogP contribution is -2.24. The van der Waals surface area contributed by atoms with Gasteiger partial charge in [-0.25, -0.2) is 0 Å². The van der Waals surface area contributed by atoms with Crippen molar-refractivity contribution < 1.29 is 9.53 Å². The minimum Gasteiger partial charge on any atom is -0.496 e. The minimum absolute atomic E-state index is 0.234. The fourth-order valence-corrected chi connectivity index (χ4v) is 2.58. The molecule has 98 valence electrons. The van der Waals surface area contributed by atoms with Gasteiger partial charge in [0.25, 0.3) is 0 Å². The van der Waals surface area contributed by atoms with Crippen molar-refractivity contribution in [2.45, 2.75) is 39.2 Å². The van der Waals surface area contributed by atoms with Crippen LogP contribution in [0.5, 0.6) is 5.75 Å². The van der Waals surface area contributed by atoms with E-state index in [9.17, 15) is 4.79 Å². The van der Waals surface area contributed by atoms with Crippen LogP contribution < -0.4 is 10.1 Å². The summed E-state index contributed by atoms with van der Waals surface area (Å²) in [6.45, 7) is 5.03. The first kappa shape index (κ1) is 13.1. The molecule has 0 aromatic heterocycles. The summed E-state index contributed by atoms with van der Waals surface area (Å²) in [5.74, 6) is 1.08. The molecule has 18 heavy (non-hydrogen) atoms. The minimum atomic E-state index is 0.234. The average molecular weight is 247 g/mol. The number of carbonyl (C=O) groups is 1. The van der Waals surface area contributed by atoms with Crippen molar-refractivity contribution in [3.05, 3.63) is 28.8 Å². The Labute approximate surface area is 109 Å². The van der Waals surface area contributed by atoms with Gasteiger partial charge in [0.15, 0.2) is 5.78 Å². The molecule has 1 aromatic carbocycles. The fourth-order valence-electron chi connectivity index (χ4n) is 2.58. The highest BCUT2D eigenvalue weighted by Crippen LogP contribution is 2.25. The second-order valence-corrected chi connectivity index (χ2v) is 4.99. The van der Waals surface area contributed by atoms with E-state index in [-0.39, 0.29) is 5.78 Å². The van der Waals surface area contributed by atoms with E-state index in [0.717, 1.165) is 35.4 Å². The SMILES string of the molecule is COc1ccc(C(=O)CC2CCCN2)c(C)c1C. The van der Waals surface area contributed by atoms with E-state index in [1.807, 2.05) is 26.0 Å². The highest BCUT2D eigenvalue weighted by Gasteiger charge is 2.20. The van der Waals surface area contributed by atoms with Gasteiger partial charge >= 0.3 is 0 Å². The molecule has 0 aliphatic carbocycles. The number of hydrogen-bond acceptors (Lipinski definition) is 3. The van der Waals surface area contributed by atoms with Crippen molar-refractivity contribution in [1.29, 1.82) is 0 Å². The van der Waals surface area contributed by atoms with Gasteiger partial charge in [0.05, 0.1) is 7.11 Å². The van der Waals surface area contributed by atoms with Gasteiger partial charge in [-0.15, -0.1) is 0 Å². The lowest BCUT2D eigenvalue weighted by atomic mass is 9.95. The molecular weight excluding hydrogens is 226 g/mol. The predicted molar refractivity (Wildman–Crippen MR) is 72.4 cm³/mol. The molecule has 1 heterocycles. The van der Waals surface area contributed by atoms with E-state index in [1.165, 1.54) is 6.42 Å². The smallest absolute Gasteiger partial charge is 0.164 e. The highest BCUT2D eigenvalue weighted by molar-refractivity contribution is 5.98. The van der Waals surface area contributed by atoms with Crippen LogP contribution in [-0.2, 0) is 0 Å². The van der Waals surface area contributed by atoms with E-state index in [2.05, 4.69) is 5.32 Å². The summed E-state index contributed by atoms with van der Waals surface area (Å²) in [5, 5.41) is 3.37. The van der Waals surface area contributed by atoms with Gasteiger partial charge in [-0.1, -0.05) is 0 Å². The van der Waals surface area contributed by atoms with Crippen LogP contribution in [0.1, 0.15) is 40.7 Å². The first-order chi connectivity index (χ1) is 8.63. The molecule has 0 bridgehead atoms. The van der Waals surface area contributed by atoms with E-state index in [0.29, 0.717) is 12.5 Å².